The molecule has 0 spiro atoms. The standard InChI is InChI=1S/C8H14N2O/c1-6-4-8(5-7(2)11)10(3)9-6/h4,7,11H,5H2,1-3H3. The van der Waals surface area contributed by atoms with Crippen LogP contribution < -0.4 is 0 Å². The first kappa shape index (κ1) is 8.27. The first-order chi connectivity index (χ1) is 5.09. The fourth-order valence-corrected chi connectivity index (χ4v) is 1.16. The van der Waals surface area contributed by atoms with Crippen LogP contribution in [-0.4, -0.2) is 21.0 Å². The molecule has 0 aliphatic carbocycles. The Bertz CT molecular complexity index is 240. The molecule has 0 aliphatic heterocycles. The summed E-state index contributed by atoms with van der Waals surface area (Å²) in [6, 6.07) is 1.99. The number of aromatic nitrogens is 2. The van der Waals surface area contributed by atoms with Crippen molar-refractivity contribution in [2.45, 2.75) is 26.4 Å². The molecule has 0 fully saturated rings. The Morgan fingerprint density at radius 1 is 1.73 bits per heavy atom. The van der Waals surface area contributed by atoms with E-state index < -0.39 is 0 Å². The van der Waals surface area contributed by atoms with Crippen molar-refractivity contribution < 1.29 is 5.11 Å². The number of aliphatic hydroxyl groups excluding tert-OH is 1. The molecular formula is C8H14N2O. The van der Waals surface area contributed by atoms with E-state index >= 15 is 0 Å². The van der Waals surface area contributed by atoms with Crippen molar-refractivity contribution in [3.63, 3.8) is 0 Å². The fraction of sp³-hybridized carbons (Fsp3) is 0.625. The van der Waals surface area contributed by atoms with Gasteiger partial charge >= 0.3 is 0 Å². The lowest BCUT2D eigenvalue weighted by atomic mass is 10.2. The Balaban J connectivity index is 2.77. The smallest absolute Gasteiger partial charge is 0.0596 e. The number of hydrogen-bond acceptors (Lipinski definition) is 2. The molecule has 62 valence electrons. The van der Waals surface area contributed by atoms with E-state index in [1.165, 1.54) is 0 Å². The molecule has 0 radical (unpaired) electrons. The molecular weight excluding hydrogens is 140 g/mol. The number of aliphatic hydroxyl groups is 1. The number of nitrogens with zero attached hydrogens (tertiary/aromatic N) is 2. The summed E-state index contributed by atoms with van der Waals surface area (Å²) in [5.41, 5.74) is 2.08. The van der Waals surface area contributed by atoms with E-state index in [0.29, 0.717) is 6.42 Å². The second-order valence-electron chi connectivity index (χ2n) is 2.95. The topological polar surface area (TPSA) is 38.0 Å². The minimum Gasteiger partial charge on any atom is -0.393 e. The van der Waals surface area contributed by atoms with Crippen LogP contribution in [0.2, 0.25) is 0 Å². The van der Waals surface area contributed by atoms with Gasteiger partial charge in [-0.15, -0.1) is 0 Å². The largest absolute Gasteiger partial charge is 0.393 e. The summed E-state index contributed by atoms with van der Waals surface area (Å²) >= 11 is 0. The van der Waals surface area contributed by atoms with Gasteiger partial charge in [-0.3, -0.25) is 4.68 Å². The highest BCUT2D eigenvalue weighted by atomic mass is 16.3. The molecule has 1 heterocycles. The van der Waals surface area contributed by atoms with E-state index in [-0.39, 0.29) is 6.10 Å². The van der Waals surface area contributed by atoms with E-state index in [0.717, 1.165) is 11.4 Å². The van der Waals surface area contributed by atoms with Crippen molar-refractivity contribution in [2.24, 2.45) is 7.05 Å². The van der Waals surface area contributed by atoms with Crippen LogP contribution in [0.3, 0.4) is 0 Å². The van der Waals surface area contributed by atoms with Crippen LogP contribution in [0, 0.1) is 6.92 Å². The van der Waals surface area contributed by atoms with Crippen molar-refractivity contribution in [1.82, 2.24) is 9.78 Å². The summed E-state index contributed by atoms with van der Waals surface area (Å²) in [5, 5.41) is 13.3. The van der Waals surface area contributed by atoms with E-state index in [1.807, 2.05) is 24.7 Å². The molecule has 3 heteroatoms. The molecule has 3 nitrogen and oxygen atoms in total. The molecule has 1 aromatic heterocycles. The van der Waals surface area contributed by atoms with Gasteiger partial charge in [0.05, 0.1) is 11.8 Å². The van der Waals surface area contributed by atoms with E-state index in [1.54, 1.807) is 6.92 Å². The van der Waals surface area contributed by atoms with Crippen LogP contribution in [0.4, 0.5) is 0 Å². The predicted octanol–water partition coefficient (Wildman–Crippen LogP) is 0.652. The summed E-state index contributed by atoms with van der Waals surface area (Å²) in [4.78, 5) is 0. The second kappa shape index (κ2) is 3.05. The van der Waals surface area contributed by atoms with Gasteiger partial charge in [0.1, 0.15) is 0 Å². The third-order valence-corrected chi connectivity index (χ3v) is 1.60. The van der Waals surface area contributed by atoms with Crippen LogP contribution in [0.5, 0.6) is 0 Å². The lowest BCUT2D eigenvalue weighted by Gasteiger charge is -2.02. The zero-order valence-electron chi connectivity index (χ0n) is 7.20. The van der Waals surface area contributed by atoms with Gasteiger partial charge in [-0.1, -0.05) is 0 Å². The maximum atomic E-state index is 9.10. The van der Waals surface area contributed by atoms with Gasteiger partial charge in [-0.2, -0.15) is 5.10 Å². The highest BCUT2D eigenvalue weighted by Gasteiger charge is 2.04. The quantitative estimate of drug-likeness (QED) is 0.679. The van der Waals surface area contributed by atoms with Crippen LogP contribution in [0.25, 0.3) is 0 Å². The first-order valence-electron chi connectivity index (χ1n) is 3.77. The van der Waals surface area contributed by atoms with Crippen LogP contribution >= 0.6 is 0 Å². The van der Waals surface area contributed by atoms with Gasteiger partial charge in [0, 0.05) is 19.2 Å². The average Bonchev–Trinajstić information content (AvgIpc) is 2.09. The fourth-order valence-electron chi connectivity index (χ4n) is 1.16. The van der Waals surface area contributed by atoms with E-state index in [2.05, 4.69) is 5.10 Å². The van der Waals surface area contributed by atoms with Gasteiger partial charge in [0.15, 0.2) is 0 Å². The Hall–Kier alpha value is -0.830. The average molecular weight is 154 g/mol. The minimum absolute atomic E-state index is 0.287. The number of rotatable bonds is 2. The van der Waals surface area contributed by atoms with Crippen LogP contribution in [0.1, 0.15) is 18.3 Å². The van der Waals surface area contributed by atoms with Crippen LogP contribution in [0.15, 0.2) is 6.07 Å². The maximum absolute atomic E-state index is 9.10. The van der Waals surface area contributed by atoms with Gasteiger partial charge in [0.2, 0.25) is 0 Å². The second-order valence-corrected chi connectivity index (χ2v) is 2.95. The highest BCUT2D eigenvalue weighted by molar-refractivity contribution is 5.09. The lowest BCUT2D eigenvalue weighted by molar-refractivity contribution is 0.193. The van der Waals surface area contributed by atoms with Gasteiger partial charge in [-0.05, 0) is 19.9 Å². The summed E-state index contributed by atoms with van der Waals surface area (Å²) in [6.07, 6.45) is 0.391. The van der Waals surface area contributed by atoms with Gasteiger partial charge < -0.3 is 5.11 Å². The number of hydrogen-bond donors (Lipinski definition) is 1. The Morgan fingerprint density at radius 2 is 2.36 bits per heavy atom. The first-order valence-corrected chi connectivity index (χ1v) is 3.77. The molecule has 1 rings (SSSR count). The molecule has 0 aliphatic rings. The molecule has 1 N–H and O–H groups in total. The molecule has 1 unspecified atom stereocenters. The summed E-state index contributed by atoms with van der Waals surface area (Å²) in [5.74, 6) is 0. The Labute approximate surface area is 66.7 Å². The molecule has 0 saturated heterocycles. The third-order valence-electron chi connectivity index (χ3n) is 1.60. The van der Waals surface area contributed by atoms with Crippen molar-refractivity contribution >= 4 is 0 Å². The Kier molecular flexibility index (Phi) is 2.29. The van der Waals surface area contributed by atoms with Crippen molar-refractivity contribution in [3.8, 4) is 0 Å². The zero-order valence-corrected chi connectivity index (χ0v) is 7.20. The molecule has 0 amide bonds. The van der Waals surface area contributed by atoms with Gasteiger partial charge in [-0.25, -0.2) is 0 Å². The summed E-state index contributed by atoms with van der Waals surface area (Å²) in [7, 11) is 1.89. The van der Waals surface area contributed by atoms with Crippen molar-refractivity contribution in [3.05, 3.63) is 17.5 Å². The normalized spacial score (nSPS) is 13.5. The molecule has 0 aromatic carbocycles. The predicted molar refractivity (Wildman–Crippen MR) is 43.3 cm³/mol. The molecule has 1 aromatic rings. The molecule has 0 bridgehead atoms. The zero-order chi connectivity index (χ0) is 8.43. The monoisotopic (exact) mass is 154 g/mol. The van der Waals surface area contributed by atoms with Gasteiger partial charge in [0.25, 0.3) is 0 Å². The van der Waals surface area contributed by atoms with E-state index in [9.17, 15) is 0 Å². The van der Waals surface area contributed by atoms with Crippen LogP contribution in [-0.2, 0) is 13.5 Å². The lowest BCUT2D eigenvalue weighted by Crippen LogP contribution is -2.08. The van der Waals surface area contributed by atoms with E-state index in [4.69, 9.17) is 5.11 Å². The Morgan fingerprint density at radius 3 is 2.73 bits per heavy atom. The minimum atomic E-state index is -0.287. The summed E-state index contributed by atoms with van der Waals surface area (Å²) in [6.45, 7) is 3.73. The molecule has 0 saturated carbocycles. The highest BCUT2D eigenvalue weighted by Crippen LogP contribution is 2.04. The summed E-state index contributed by atoms with van der Waals surface area (Å²) < 4.78 is 1.81. The molecule has 1 atom stereocenters. The third kappa shape index (κ3) is 2.05. The van der Waals surface area contributed by atoms with Crippen molar-refractivity contribution in [1.29, 1.82) is 0 Å². The molecule has 11 heavy (non-hydrogen) atoms. The SMILES string of the molecule is Cc1cc(CC(C)O)n(C)n1. The maximum Gasteiger partial charge on any atom is 0.0596 e. The van der Waals surface area contributed by atoms with Crippen molar-refractivity contribution in [2.75, 3.05) is 0 Å². The number of aryl methyl sites for hydroxylation is 2.